The Kier molecular flexibility index (Phi) is 9.47. The number of carbonyl (C=O) groups excluding carboxylic acids is 2. The van der Waals surface area contributed by atoms with Crippen LogP contribution in [0.25, 0.3) is 0 Å². The third kappa shape index (κ3) is 8.91. The number of amides is 2. The predicted octanol–water partition coefficient (Wildman–Crippen LogP) is 3.87. The molecule has 7 heteroatoms. The predicted molar refractivity (Wildman–Crippen MR) is 133 cm³/mol. The smallest absolute Gasteiger partial charge is 0.242 e. The van der Waals surface area contributed by atoms with Crippen molar-refractivity contribution in [3.8, 4) is 0 Å². The van der Waals surface area contributed by atoms with Crippen molar-refractivity contribution in [1.82, 2.24) is 14.7 Å². The fourth-order valence-electron chi connectivity index (χ4n) is 3.83. The number of hydrogen-bond donors (Lipinski definition) is 0. The van der Waals surface area contributed by atoms with Gasteiger partial charge >= 0.3 is 0 Å². The minimum atomic E-state index is -0.127. The van der Waals surface area contributed by atoms with Crippen LogP contribution in [-0.4, -0.2) is 72.5 Å². The molecule has 0 atom stereocenters. The Morgan fingerprint density at radius 1 is 0.970 bits per heavy atom. The highest BCUT2D eigenvalue weighted by molar-refractivity contribution is 7.09. The van der Waals surface area contributed by atoms with Crippen LogP contribution in [0.2, 0.25) is 0 Å². The zero-order chi connectivity index (χ0) is 23.7. The van der Waals surface area contributed by atoms with E-state index in [1.54, 1.807) is 16.2 Å². The Labute approximate surface area is 202 Å². The van der Waals surface area contributed by atoms with Gasteiger partial charge in [-0.05, 0) is 22.4 Å². The Bertz CT molecular complexity index is 859. The standard InChI is InChI=1S/C26H37N3O3S/c1-26(2,3)18-24(30)28(12-11-27-13-15-32-16-14-27)21-25(31)29(20-23-10-7-17-33-23)19-22-8-5-4-6-9-22/h4-10,17H,11-16,18-21H2,1-3H3. The summed E-state index contributed by atoms with van der Waals surface area (Å²) >= 11 is 1.65. The first kappa shape index (κ1) is 25.4. The van der Waals surface area contributed by atoms with Gasteiger partial charge < -0.3 is 14.5 Å². The molecule has 6 nitrogen and oxygen atoms in total. The van der Waals surface area contributed by atoms with E-state index in [0.717, 1.165) is 43.3 Å². The molecular weight excluding hydrogens is 434 g/mol. The summed E-state index contributed by atoms with van der Waals surface area (Å²) in [4.78, 5) is 33.8. The summed E-state index contributed by atoms with van der Waals surface area (Å²) in [6, 6.07) is 14.1. The maximum atomic E-state index is 13.5. The van der Waals surface area contributed by atoms with Crippen LogP contribution in [0.1, 0.15) is 37.6 Å². The summed E-state index contributed by atoms with van der Waals surface area (Å²) in [6.45, 7) is 11.9. The number of ether oxygens (including phenoxy) is 1. The lowest BCUT2D eigenvalue weighted by molar-refractivity contribution is -0.142. The number of nitrogens with zero attached hydrogens (tertiary/aromatic N) is 3. The third-order valence-electron chi connectivity index (χ3n) is 5.65. The van der Waals surface area contributed by atoms with E-state index in [0.29, 0.717) is 26.1 Å². The van der Waals surface area contributed by atoms with Crippen LogP contribution in [0.4, 0.5) is 0 Å². The molecule has 33 heavy (non-hydrogen) atoms. The number of morpholine rings is 1. The lowest BCUT2D eigenvalue weighted by Gasteiger charge is -2.32. The Morgan fingerprint density at radius 2 is 1.70 bits per heavy atom. The molecule has 1 fully saturated rings. The molecule has 0 bridgehead atoms. The monoisotopic (exact) mass is 471 g/mol. The van der Waals surface area contributed by atoms with Crippen LogP contribution < -0.4 is 0 Å². The van der Waals surface area contributed by atoms with Crippen LogP contribution in [0.5, 0.6) is 0 Å². The molecule has 0 unspecified atom stereocenters. The molecular formula is C26H37N3O3S. The van der Waals surface area contributed by atoms with Gasteiger partial charge in [0.25, 0.3) is 0 Å². The highest BCUT2D eigenvalue weighted by Crippen LogP contribution is 2.21. The van der Waals surface area contributed by atoms with E-state index in [1.165, 1.54) is 0 Å². The van der Waals surface area contributed by atoms with Gasteiger partial charge in [-0.1, -0.05) is 57.2 Å². The second-order valence-corrected chi connectivity index (χ2v) is 10.9. The Balaban J connectivity index is 1.71. The fourth-order valence-corrected chi connectivity index (χ4v) is 4.55. The fraction of sp³-hybridized carbons (Fsp3) is 0.538. The van der Waals surface area contributed by atoms with Crippen molar-refractivity contribution in [2.24, 2.45) is 5.41 Å². The molecule has 0 spiro atoms. The SMILES string of the molecule is CC(C)(C)CC(=O)N(CCN1CCOCC1)CC(=O)N(Cc1ccccc1)Cc1cccs1. The molecule has 1 saturated heterocycles. The molecule has 0 aliphatic carbocycles. The number of benzene rings is 1. The molecule has 1 aromatic heterocycles. The summed E-state index contributed by atoms with van der Waals surface area (Å²) in [5, 5.41) is 2.03. The van der Waals surface area contributed by atoms with Gasteiger partial charge in [0.15, 0.2) is 0 Å². The lowest BCUT2D eigenvalue weighted by Crippen LogP contribution is -2.47. The van der Waals surface area contributed by atoms with Crippen molar-refractivity contribution in [2.75, 3.05) is 45.9 Å². The van der Waals surface area contributed by atoms with Crippen molar-refractivity contribution in [2.45, 2.75) is 40.3 Å². The number of carbonyl (C=O) groups is 2. The van der Waals surface area contributed by atoms with Gasteiger partial charge in [-0.25, -0.2) is 0 Å². The molecule has 2 amide bonds. The number of thiophene rings is 1. The van der Waals surface area contributed by atoms with Crippen molar-refractivity contribution in [1.29, 1.82) is 0 Å². The maximum absolute atomic E-state index is 13.5. The second-order valence-electron chi connectivity index (χ2n) is 9.82. The highest BCUT2D eigenvalue weighted by atomic mass is 32.1. The molecule has 2 heterocycles. The first-order valence-corrected chi connectivity index (χ1v) is 12.6. The van der Waals surface area contributed by atoms with Gasteiger partial charge in [0.1, 0.15) is 0 Å². The van der Waals surface area contributed by atoms with Crippen LogP contribution in [-0.2, 0) is 27.4 Å². The van der Waals surface area contributed by atoms with E-state index < -0.39 is 0 Å². The minimum Gasteiger partial charge on any atom is -0.379 e. The first-order chi connectivity index (χ1) is 15.8. The normalized spacial score (nSPS) is 14.8. The van der Waals surface area contributed by atoms with E-state index in [4.69, 9.17) is 4.74 Å². The zero-order valence-electron chi connectivity index (χ0n) is 20.2. The second kappa shape index (κ2) is 12.3. The maximum Gasteiger partial charge on any atom is 0.242 e. The van der Waals surface area contributed by atoms with E-state index in [-0.39, 0.29) is 23.8 Å². The highest BCUT2D eigenvalue weighted by Gasteiger charge is 2.26. The molecule has 2 aromatic rings. The average molecular weight is 472 g/mol. The van der Waals surface area contributed by atoms with Crippen LogP contribution in [0, 0.1) is 5.41 Å². The minimum absolute atomic E-state index is 0.0171. The summed E-state index contributed by atoms with van der Waals surface area (Å²) in [6.07, 6.45) is 0.424. The topological polar surface area (TPSA) is 53.1 Å². The molecule has 0 radical (unpaired) electrons. The molecule has 0 saturated carbocycles. The molecule has 0 N–H and O–H groups in total. The quantitative estimate of drug-likeness (QED) is 0.528. The molecule has 3 rings (SSSR count). The first-order valence-electron chi connectivity index (χ1n) is 11.7. The molecule has 1 aliphatic rings. The summed E-state index contributed by atoms with van der Waals surface area (Å²) in [7, 11) is 0. The van der Waals surface area contributed by atoms with Gasteiger partial charge in [0.05, 0.1) is 26.3 Å². The number of hydrogen-bond acceptors (Lipinski definition) is 5. The van der Waals surface area contributed by atoms with Gasteiger partial charge in [-0.3, -0.25) is 14.5 Å². The summed E-state index contributed by atoms with van der Waals surface area (Å²) in [5.41, 5.74) is 0.959. The van der Waals surface area contributed by atoms with Crippen LogP contribution in [0.15, 0.2) is 47.8 Å². The summed E-state index contributed by atoms with van der Waals surface area (Å²) in [5.74, 6) is 0.0244. The van der Waals surface area contributed by atoms with Crippen molar-refractivity contribution in [3.63, 3.8) is 0 Å². The number of rotatable bonds is 10. The van der Waals surface area contributed by atoms with Crippen LogP contribution in [0.3, 0.4) is 0 Å². The van der Waals surface area contributed by atoms with E-state index >= 15 is 0 Å². The third-order valence-corrected chi connectivity index (χ3v) is 6.51. The lowest BCUT2D eigenvalue weighted by atomic mass is 9.91. The van der Waals surface area contributed by atoms with Crippen molar-refractivity contribution >= 4 is 23.2 Å². The van der Waals surface area contributed by atoms with Gasteiger partial charge in [0.2, 0.25) is 11.8 Å². The van der Waals surface area contributed by atoms with Gasteiger partial charge in [-0.15, -0.1) is 11.3 Å². The summed E-state index contributed by atoms with van der Waals surface area (Å²) < 4.78 is 5.44. The van der Waals surface area contributed by atoms with E-state index in [2.05, 4.69) is 31.7 Å². The zero-order valence-corrected chi connectivity index (χ0v) is 21.0. The Morgan fingerprint density at radius 3 is 2.33 bits per heavy atom. The largest absolute Gasteiger partial charge is 0.379 e. The van der Waals surface area contributed by atoms with E-state index in [1.807, 2.05) is 46.7 Å². The molecule has 1 aliphatic heterocycles. The van der Waals surface area contributed by atoms with Crippen molar-refractivity contribution in [3.05, 3.63) is 58.3 Å². The molecule has 1 aromatic carbocycles. The van der Waals surface area contributed by atoms with Crippen molar-refractivity contribution < 1.29 is 14.3 Å². The van der Waals surface area contributed by atoms with Gasteiger partial charge in [0, 0.05) is 44.0 Å². The van der Waals surface area contributed by atoms with E-state index in [9.17, 15) is 9.59 Å². The Hall–Kier alpha value is -2.22. The molecule has 180 valence electrons. The van der Waals surface area contributed by atoms with Gasteiger partial charge in [-0.2, -0.15) is 0 Å². The average Bonchev–Trinajstić information content (AvgIpc) is 3.29. The van der Waals surface area contributed by atoms with Crippen LogP contribution >= 0.6 is 11.3 Å².